The van der Waals surface area contributed by atoms with Crippen LogP contribution in [0, 0.1) is 35.1 Å². The molecule has 0 bridgehead atoms. The molecule has 0 aliphatic rings. The maximum Gasteiger partial charge on any atom is 0.166 e. The second-order valence-electron chi connectivity index (χ2n) is 8.67. The first kappa shape index (κ1) is 25.3. The predicted molar refractivity (Wildman–Crippen MR) is 135 cm³/mol. The van der Waals surface area contributed by atoms with Crippen LogP contribution in [-0.4, -0.2) is 6.61 Å². The number of hydrogen-bond donors (Lipinski definition) is 0. The predicted octanol–water partition coefficient (Wildman–Crippen LogP) is 8.15. The van der Waals surface area contributed by atoms with E-state index in [0.29, 0.717) is 24.0 Å². The lowest BCUT2D eigenvalue weighted by Gasteiger charge is -2.10. The molecular weight excluding hydrogens is 464 g/mol. The number of benzene rings is 4. The van der Waals surface area contributed by atoms with Gasteiger partial charge in [-0.1, -0.05) is 55.9 Å². The Balaban J connectivity index is 1.38. The summed E-state index contributed by atoms with van der Waals surface area (Å²) in [6, 6.07) is 17.5. The molecule has 0 aromatic heterocycles. The van der Waals surface area contributed by atoms with Crippen LogP contribution < -0.4 is 4.74 Å². The Kier molecular flexibility index (Phi) is 8.28. The minimum absolute atomic E-state index is 0.0485. The maximum absolute atomic E-state index is 14.5. The van der Waals surface area contributed by atoms with E-state index in [2.05, 4.69) is 18.8 Å². The molecule has 4 rings (SSSR count). The van der Waals surface area contributed by atoms with Crippen LogP contribution in [0.25, 0.3) is 10.8 Å². The van der Waals surface area contributed by atoms with Crippen molar-refractivity contribution in [1.82, 2.24) is 0 Å². The van der Waals surface area contributed by atoms with Crippen LogP contribution in [0.15, 0.2) is 66.7 Å². The van der Waals surface area contributed by atoms with Gasteiger partial charge in [0.25, 0.3) is 0 Å². The van der Waals surface area contributed by atoms with Crippen LogP contribution in [0.5, 0.6) is 5.75 Å². The van der Waals surface area contributed by atoms with Crippen molar-refractivity contribution < 1.29 is 22.3 Å². The topological polar surface area (TPSA) is 9.23 Å². The first-order valence-electron chi connectivity index (χ1n) is 12.0. The van der Waals surface area contributed by atoms with Gasteiger partial charge >= 0.3 is 0 Å². The van der Waals surface area contributed by atoms with Gasteiger partial charge in [-0.2, -0.15) is 0 Å². The second kappa shape index (κ2) is 11.8. The van der Waals surface area contributed by atoms with E-state index in [4.69, 9.17) is 4.74 Å². The van der Waals surface area contributed by atoms with E-state index in [1.54, 1.807) is 12.1 Å². The molecule has 0 saturated carbocycles. The fraction of sp³-hybridized carbons (Fsp3) is 0.226. The Labute approximate surface area is 208 Å². The summed E-state index contributed by atoms with van der Waals surface area (Å²) in [4.78, 5) is 0. The van der Waals surface area contributed by atoms with Gasteiger partial charge in [0.15, 0.2) is 11.6 Å². The fourth-order valence-electron chi connectivity index (χ4n) is 3.96. The van der Waals surface area contributed by atoms with Crippen molar-refractivity contribution in [2.75, 3.05) is 6.61 Å². The Morgan fingerprint density at radius 1 is 0.694 bits per heavy atom. The van der Waals surface area contributed by atoms with E-state index in [0.717, 1.165) is 36.5 Å². The zero-order valence-corrected chi connectivity index (χ0v) is 20.0. The van der Waals surface area contributed by atoms with Gasteiger partial charge in [0.1, 0.15) is 17.4 Å². The molecule has 0 heterocycles. The largest absolute Gasteiger partial charge is 0.493 e. The number of unbranched alkanes of at least 4 members (excludes halogenated alkanes) is 2. The van der Waals surface area contributed by atoms with Gasteiger partial charge in [0, 0.05) is 34.2 Å². The quantitative estimate of drug-likeness (QED) is 0.138. The zero-order chi connectivity index (χ0) is 25.5. The van der Waals surface area contributed by atoms with Gasteiger partial charge in [-0.25, -0.2) is 17.6 Å². The number of fused-ring (bicyclic) bond motifs is 1. The summed E-state index contributed by atoms with van der Waals surface area (Å²) in [5.41, 5.74) is 2.43. The number of ether oxygens (including phenoxy) is 1. The number of rotatable bonds is 8. The molecule has 0 N–H and O–H groups in total. The lowest BCUT2D eigenvalue weighted by Crippen LogP contribution is -2.02. The average Bonchev–Trinajstić information content (AvgIpc) is 2.88. The van der Waals surface area contributed by atoms with Crippen LogP contribution in [0.4, 0.5) is 17.6 Å². The number of hydrogen-bond acceptors (Lipinski definition) is 1. The van der Waals surface area contributed by atoms with Gasteiger partial charge in [0.2, 0.25) is 0 Å². The maximum atomic E-state index is 14.5. The molecule has 0 aliphatic heterocycles. The molecule has 0 aliphatic carbocycles. The third-order valence-corrected chi connectivity index (χ3v) is 6.01. The van der Waals surface area contributed by atoms with Crippen molar-refractivity contribution in [3.63, 3.8) is 0 Å². The SMILES string of the molecule is CCCCCOc1cc(F)c(CCc2ccc(C#Cc3ccc4c(F)c(F)ccc4c3)cc2)c(F)c1. The normalized spacial score (nSPS) is 10.8. The van der Waals surface area contributed by atoms with Crippen LogP contribution in [0.2, 0.25) is 0 Å². The summed E-state index contributed by atoms with van der Waals surface area (Å²) in [5.74, 6) is 3.36. The molecule has 36 heavy (non-hydrogen) atoms. The highest BCUT2D eigenvalue weighted by molar-refractivity contribution is 5.84. The minimum atomic E-state index is -0.879. The summed E-state index contributed by atoms with van der Waals surface area (Å²) in [6.07, 6.45) is 3.62. The highest BCUT2D eigenvalue weighted by Gasteiger charge is 2.12. The van der Waals surface area contributed by atoms with Crippen LogP contribution in [0.3, 0.4) is 0 Å². The van der Waals surface area contributed by atoms with E-state index >= 15 is 0 Å². The van der Waals surface area contributed by atoms with Crippen molar-refractivity contribution in [3.8, 4) is 17.6 Å². The third kappa shape index (κ3) is 6.26. The highest BCUT2D eigenvalue weighted by Crippen LogP contribution is 2.23. The summed E-state index contributed by atoms with van der Waals surface area (Å²) in [5, 5.41) is 0.790. The Morgan fingerprint density at radius 2 is 1.39 bits per heavy atom. The first-order chi connectivity index (χ1) is 17.4. The highest BCUT2D eigenvalue weighted by atomic mass is 19.2. The van der Waals surface area contributed by atoms with Gasteiger partial charge in [0.05, 0.1) is 6.61 Å². The summed E-state index contributed by atoms with van der Waals surface area (Å²) in [7, 11) is 0. The zero-order valence-electron chi connectivity index (χ0n) is 20.0. The smallest absolute Gasteiger partial charge is 0.166 e. The molecular formula is C31H26F4O. The molecule has 0 saturated heterocycles. The molecule has 184 valence electrons. The molecule has 1 nitrogen and oxygen atoms in total. The fourth-order valence-corrected chi connectivity index (χ4v) is 3.96. The van der Waals surface area contributed by atoms with Gasteiger partial charge in [-0.05, 0) is 60.5 Å². The molecule has 0 atom stereocenters. The summed E-state index contributed by atoms with van der Waals surface area (Å²) in [6.45, 7) is 2.52. The molecule has 0 radical (unpaired) electrons. The van der Waals surface area contributed by atoms with Crippen molar-refractivity contribution in [3.05, 3.63) is 112 Å². The standard InChI is InChI=1S/C31H26F4O/c1-2-3-4-17-36-25-19-29(33)27(30(34)20-25)15-11-22-7-5-21(6-8-22)9-10-23-12-14-26-24(18-23)13-16-28(32)31(26)35/h5-8,12-14,16,18-20H,2-4,11,15,17H2,1H3. The minimum Gasteiger partial charge on any atom is -0.493 e. The van der Waals surface area contributed by atoms with E-state index in [9.17, 15) is 17.6 Å². The number of halogens is 4. The molecule has 0 spiro atoms. The Bertz CT molecular complexity index is 1390. The average molecular weight is 491 g/mol. The van der Waals surface area contributed by atoms with Crippen LogP contribution in [-0.2, 0) is 12.8 Å². The van der Waals surface area contributed by atoms with E-state index in [1.807, 2.05) is 24.3 Å². The van der Waals surface area contributed by atoms with Crippen molar-refractivity contribution in [2.24, 2.45) is 0 Å². The van der Waals surface area contributed by atoms with Crippen molar-refractivity contribution >= 4 is 10.8 Å². The molecule has 5 heteroatoms. The third-order valence-electron chi connectivity index (χ3n) is 6.01. The van der Waals surface area contributed by atoms with E-state index < -0.39 is 23.3 Å². The summed E-state index contributed by atoms with van der Waals surface area (Å²) < 4.78 is 61.7. The molecule has 4 aromatic rings. The summed E-state index contributed by atoms with van der Waals surface area (Å²) >= 11 is 0. The lowest BCUT2D eigenvalue weighted by molar-refractivity contribution is 0.302. The van der Waals surface area contributed by atoms with Crippen molar-refractivity contribution in [1.29, 1.82) is 0 Å². The molecule has 0 fully saturated rings. The molecule has 4 aromatic carbocycles. The molecule has 0 unspecified atom stereocenters. The Morgan fingerprint density at radius 3 is 2.11 bits per heavy atom. The van der Waals surface area contributed by atoms with E-state index in [1.165, 1.54) is 24.3 Å². The van der Waals surface area contributed by atoms with Crippen LogP contribution >= 0.6 is 0 Å². The molecule has 0 amide bonds. The monoisotopic (exact) mass is 490 g/mol. The second-order valence-corrected chi connectivity index (χ2v) is 8.67. The Hall–Kier alpha value is -3.78. The first-order valence-corrected chi connectivity index (χ1v) is 12.0. The lowest BCUT2D eigenvalue weighted by atomic mass is 10.0. The van der Waals surface area contributed by atoms with Crippen LogP contribution in [0.1, 0.15) is 48.4 Å². The van der Waals surface area contributed by atoms with Gasteiger partial charge < -0.3 is 4.74 Å². The van der Waals surface area contributed by atoms with Gasteiger partial charge in [-0.3, -0.25) is 0 Å². The van der Waals surface area contributed by atoms with E-state index in [-0.39, 0.29) is 23.1 Å². The van der Waals surface area contributed by atoms with Gasteiger partial charge in [-0.15, -0.1) is 0 Å². The van der Waals surface area contributed by atoms with Crippen molar-refractivity contribution in [2.45, 2.75) is 39.0 Å². The number of aryl methyl sites for hydroxylation is 1.